The zero-order valence-electron chi connectivity index (χ0n) is 23.5. The van der Waals surface area contributed by atoms with Crippen molar-refractivity contribution in [2.45, 2.75) is 64.7 Å². The zero-order valence-corrected chi connectivity index (χ0v) is 23.5. The summed E-state index contributed by atoms with van der Waals surface area (Å²) in [5, 5.41) is 6.67. The van der Waals surface area contributed by atoms with Crippen LogP contribution in [0.5, 0.6) is 0 Å². The van der Waals surface area contributed by atoms with Gasteiger partial charge in [-0.1, -0.05) is 62.4 Å². The van der Waals surface area contributed by atoms with Crippen molar-refractivity contribution < 1.29 is 14.0 Å². The fourth-order valence-electron chi connectivity index (χ4n) is 6.01. The smallest absolute Gasteiger partial charge is 0.154 e. The van der Waals surface area contributed by atoms with Crippen LogP contribution in [0.15, 0.2) is 72.8 Å². The van der Waals surface area contributed by atoms with Crippen LogP contribution in [-0.2, 0) is 35.5 Å². The normalized spacial score (nSPS) is 22.4. The first-order chi connectivity index (χ1) is 19.4. The molecule has 0 aromatic heterocycles. The largest absolute Gasteiger partial charge is 0.363 e. The first-order valence-electron chi connectivity index (χ1n) is 14.5. The number of benzene rings is 3. The van der Waals surface area contributed by atoms with Crippen LogP contribution in [0.2, 0.25) is 0 Å². The van der Waals surface area contributed by atoms with Gasteiger partial charge in [-0.3, -0.25) is 9.59 Å². The minimum Gasteiger partial charge on any atom is -0.363 e. The van der Waals surface area contributed by atoms with E-state index in [9.17, 15) is 14.0 Å². The van der Waals surface area contributed by atoms with E-state index in [0.29, 0.717) is 37.8 Å². The number of halogens is 1. The Kier molecular flexibility index (Phi) is 9.08. The Labute approximate surface area is 237 Å². The van der Waals surface area contributed by atoms with E-state index in [1.807, 2.05) is 24.3 Å². The highest BCUT2D eigenvalue weighted by molar-refractivity contribution is 5.87. The summed E-state index contributed by atoms with van der Waals surface area (Å²) in [4.78, 5) is 27.7. The van der Waals surface area contributed by atoms with Gasteiger partial charge < -0.3 is 15.5 Å². The van der Waals surface area contributed by atoms with Crippen molar-refractivity contribution in [3.63, 3.8) is 0 Å². The molecule has 0 aliphatic carbocycles. The molecule has 2 aliphatic heterocycles. The minimum atomic E-state index is -0.260. The molecular weight excluding hydrogens is 501 g/mol. The van der Waals surface area contributed by atoms with Crippen LogP contribution in [0.1, 0.15) is 48.9 Å². The van der Waals surface area contributed by atoms with Crippen molar-refractivity contribution in [1.29, 1.82) is 0 Å². The Morgan fingerprint density at radius 3 is 1.45 bits per heavy atom. The molecule has 210 valence electrons. The highest BCUT2D eigenvalue weighted by Gasteiger charge is 2.29. The van der Waals surface area contributed by atoms with E-state index >= 15 is 0 Å². The van der Waals surface area contributed by atoms with E-state index in [1.165, 1.54) is 12.1 Å². The molecule has 0 unspecified atom stereocenters. The number of ketones is 2. The van der Waals surface area contributed by atoms with Gasteiger partial charge in [0.05, 0.1) is 12.1 Å². The number of nitrogens with zero attached hydrogens (tertiary/aromatic N) is 1. The molecular formula is C34H40FN3O2. The number of hydrogen-bond donors (Lipinski definition) is 2. The average Bonchev–Trinajstić information content (AvgIpc) is 3.58. The third-order valence-corrected chi connectivity index (χ3v) is 8.50. The molecule has 3 aromatic rings. The van der Waals surface area contributed by atoms with Crippen molar-refractivity contribution in [3.8, 4) is 0 Å². The molecule has 0 bridgehead atoms. The summed E-state index contributed by atoms with van der Waals surface area (Å²) in [5.74, 6) is 1.02. The van der Waals surface area contributed by atoms with Crippen LogP contribution in [0.3, 0.4) is 0 Å². The van der Waals surface area contributed by atoms with E-state index < -0.39 is 0 Å². The maximum absolute atomic E-state index is 13.7. The molecule has 5 nitrogen and oxygen atoms in total. The second kappa shape index (κ2) is 12.9. The SMILES string of the molecule is C[C@H]1CCN[C@@H]1C(=O)Cc1ccc(CN(Cc2ccc(CC(=O)[C@H]3NCC[C@@H]3C)cc2)c2ccc(F)cc2)cc1. The lowest BCUT2D eigenvalue weighted by molar-refractivity contribution is -0.121. The summed E-state index contributed by atoms with van der Waals surface area (Å²) >= 11 is 0. The van der Waals surface area contributed by atoms with Crippen molar-refractivity contribution in [2.75, 3.05) is 18.0 Å². The molecule has 6 heteroatoms. The molecule has 2 fully saturated rings. The van der Waals surface area contributed by atoms with Gasteiger partial charge >= 0.3 is 0 Å². The third-order valence-electron chi connectivity index (χ3n) is 8.50. The lowest BCUT2D eigenvalue weighted by Crippen LogP contribution is -2.35. The fraction of sp³-hybridized carbons (Fsp3) is 0.412. The minimum absolute atomic E-state index is 0.0407. The fourth-order valence-corrected chi connectivity index (χ4v) is 6.01. The van der Waals surface area contributed by atoms with Crippen molar-refractivity contribution in [1.82, 2.24) is 10.6 Å². The molecule has 2 aliphatic rings. The quantitative estimate of drug-likeness (QED) is 0.347. The van der Waals surface area contributed by atoms with Gasteiger partial charge in [-0.2, -0.15) is 0 Å². The van der Waals surface area contributed by atoms with Crippen LogP contribution in [0, 0.1) is 17.7 Å². The zero-order chi connectivity index (χ0) is 28.1. The monoisotopic (exact) mass is 541 g/mol. The van der Waals surface area contributed by atoms with Crippen molar-refractivity contribution in [2.24, 2.45) is 11.8 Å². The lowest BCUT2D eigenvalue weighted by atomic mass is 9.95. The van der Waals surface area contributed by atoms with Crippen molar-refractivity contribution >= 4 is 17.3 Å². The Balaban J connectivity index is 1.24. The number of hydrogen-bond acceptors (Lipinski definition) is 5. The maximum atomic E-state index is 13.7. The Morgan fingerprint density at radius 1 is 0.675 bits per heavy atom. The van der Waals surface area contributed by atoms with Gasteiger partial charge in [-0.15, -0.1) is 0 Å². The molecule has 3 aromatic carbocycles. The number of carbonyl (C=O) groups excluding carboxylic acids is 2. The summed E-state index contributed by atoms with van der Waals surface area (Å²) in [5.41, 5.74) is 5.22. The van der Waals surface area contributed by atoms with E-state index in [2.05, 4.69) is 53.6 Å². The molecule has 40 heavy (non-hydrogen) atoms. The average molecular weight is 542 g/mol. The number of nitrogens with one attached hydrogen (secondary N) is 2. The Bertz CT molecular complexity index is 1210. The van der Waals surface area contributed by atoms with Gasteiger partial charge in [0.1, 0.15) is 5.82 Å². The summed E-state index contributed by atoms with van der Waals surface area (Å²) in [7, 11) is 0. The lowest BCUT2D eigenvalue weighted by Gasteiger charge is -2.25. The van der Waals surface area contributed by atoms with Gasteiger partial charge in [-0.05, 0) is 84.3 Å². The highest BCUT2D eigenvalue weighted by Crippen LogP contribution is 2.23. The molecule has 0 radical (unpaired) electrons. The predicted octanol–water partition coefficient (Wildman–Crippen LogP) is 5.25. The van der Waals surface area contributed by atoms with E-state index in [-0.39, 0.29) is 29.5 Å². The highest BCUT2D eigenvalue weighted by atomic mass is 19.1. The number of Topliss-reactive ketones (excluding diaryl/α,β-unsaturated/α-hetero) is 2. The first-order valence-corrected chi connectivity index (χ1v) is 14.5. The molecule has 0 saturated carbocycles. The van der Waals surface area contributed by atoms with Gasteiger partial charge in [-0.25, -0.2) is 4.39 Å². The second-order valence-corrected chi connectivity index (χ2v) is 11.6. The topological polar surface area (TPSA) is 61.4 Å². The molecule has 4 atom stereocenters. The Morgan fingerprint density at radius 2 is 1.07 bits per heavy atom. The summed E-state index contributed by atoms with van der Waals surface area (Å²) in [6, 6.07) is 23.0. The van der Waals surface area contributed by atoms with E-state index in [1.54, 1.807) is 12.1 Å². The van der Waals surface area contributed by atoms with Gasteiger partial charge in [0.25, 0.3) is 0 Å². The maximum Gasteiger partial charge on any atom is 0.154 e. The number of anilines is 1. The molecule has 0 spiro atoms. The van der Waals surface area contributed by atoms with E-state index in [4.69, 9.17) is 0 Å². The molecule has 5 rings (SSSR count). The van der Waals surface area contributed by atoms with Gasteiger partial charge in [0.15, 0.2) is 11.6 Å². The van der Waals surface area contributed by atoms with Gasteiger partial charge in [0.2, 0.25) is 0 Å². The molecule has 2 saturated heterocycles. The van der Waals surface area contributed by atoms with Crippen LogP contribution in [0.4, 0.5) is 10.1 Å². The van der Waals surface area contributed by atoms with Crippen LogP contribution in [0.25, 0.3) is 0 Å². The van der Waals surface area contributed by atoms with Crippen LogP contribution >= 0.6 is 0 Å². The second-order valence-electron chi connectivity index (χ2n) is 11.6. The predicted molar refractivity (Wildman–Crippen MR) is 158 cm³/mol. The summed E-state index contributed by atoms with van der Waals surface area (Å²) < 4.78 is 13.7. The first kappa shape index (κ1) is 28.2. The Hall–Kier alpha value is -3.35. The van der Waals surface area contributed by atoms with E-state index in [0.717, 1.165) is 53.9 Å². The van der Waals surface area contributed by atoms with Crippen LogP contribution < -0.4 is 15.5 Å². The molecule has 2 N–H and O–H groups in total. The number of carbonyl (C=O) groups is 2. The standard InChI is InChI=1S/C34H40FN3O2/c1-23-15-17-36-33(23)31(39)19-25-3-7-27(8-4-25)21-38(30-13-11-29(35)12-14-30)22-28-9-5-26(6-10-28)20-32(40)34-24(2)16-18-37-34/h3-14,23-24,33-34,36-37H,15-22H2,1-2H3/t23-,24-,33-,34-/m0/s1. The molecule has 2 heterocycles. The summed E-state index contributed by atoms with van der Waals surface area (Å²) in [6.07, 6.45) is 2.97. The van der Waals surface area contributed by atoms with Crippen molar-refractivity contribution in [3.05, 3.63) is 101 Å². The number of rotatable bonds is 11. The van der Waals surface area contributed by atoms with Gasteiger partial charge in [0, 0.05) is 31.6 Å². The summed E-state index contributed by atoms with van der Waals surface area (Å²) in [6.45, 7) is 7.38. The third kappa shape index (κ3) is 7.04. The molecule has 0 amide bonds. The van der Waals surface area contributed by atoms with Crippen LogP contribution in [-0.4, -0.2) is 36.7 Å².